The first-order valence-corrected chi connectivity index (χ1v) is 4.98. The Kier molecular flexibility index (Phi) is 4.68. The van der Waals surface area contributed by atoms with Gasteiger partial charge in [0.25, 0.3) is 0 Å². The smallest absolute Gasteiger partial charge is 0.356 e. The lowest BCUT2D eigenvalue weighted by atomic mass is 10.2. The van der Waals surface area contributed by atoms with Crippen molar-refractivity contribution in [1.82, 2.24) is 0 Å². The number of hydrogen-bond acceptors (Lipinski definition) is 2. The predicted octanol–water partition coefficient (Wildman–Crippen LogP) is 2.37. The Labute approximate surface area is 85.2 Å². The van der Waals surface area contributed by atoms with Crippen molar-refractivity contribution in [3.63, 3.8) is 0 Å². The fraction of sp³-hybridized carbons (Fsp3) is 0. The van der Waals surface area contributed by atoms with Crippen LogP contribution in [-0.4, -0.2) is 8.76 Å². The van der Waals surface area contributed by atoms with Crippen molar-refractivity contribution < 1.29 is 12.9 Å². The molecule has 0 fully saturated rings. The minimum absolute atomic E-state index is 1.06. The Bertz CT molecular complexity index is 344. The van der Waals surface area contributed by atoms with Gasteiger partial charge in [-0.3, -0.25) is 4.55 Å². The van der Waals surface area contributed by atoms with E-state index in [9.17, 15) is 4.21 Å². The number of benzene rings is 1. The molecule has 1 atom stereocenters. The summed E-state index contributed by atoms with van der Waals surface area (Å²) in [4.78, 5) is 0. The molecule has 74 valence electrons. The summed E-state index contributed by atoms with van der Waals surface area (Å²) >= 11 is -2.23. The fourth-order valence-corrected chi connectivity index (χ4v) is 1.01. The minimum atomic E-state index is -2.23. The van der Waals surface area contributed by atoms with Crippen LogP contribution in [0, 0.1) is 0 Å². The monoisotopic (exact) mass is 210 g/mol. The lowest BCUT2D eigenvalue weighted by Gasteiger charge is -1.89. The zero-order valence-electron chi connectivity index (χ0n) is 7.37. The summed E-state index contributed by atoms with van der Waals surface area (Å²) in [7, 11) is 0. The third-order valence-corrected chi connectivity index (χ3v) is 1.69. The lowest BCUT2D eigenvalue weighted by Crippen LogP contribution is -1.84. The van der Waals surface area contributed by atoms with Crippen LogP contribution in [0.3, 0.4) is 0 Å². The third kappa shape index (κ3) is 4.59. The van der Waals surface area contributed by atoms with E-state index < -0.39 is 11.4 Å². The van der Waals surface area contributed by atoms with Gasteiger partial charge in [-0.25, -0.2) is 0 Å². The fourth-order valence-electron chi connectivity index (χ4n) is 0.856. The minimum Gasteiger partial charge on any atom is -0.388 e. The number of rotatable bonds is 4. The molecule has 0 radical (unpaired) electrons. The van der Waals surface area contributed by atoms with E-state index in [4.69, 9.17) is 4.55 Å². The van der Waals surface area contributed by atoms with E-state index in [-0.39, 0.29) is 0 Å². The highest BCUT2D eigenvalue weighted by atomic mass is 32.2. The van der Waals surface area contributed by atoms with Crippen molar-refractivity contribution in [2.45, 2.75) is 0 Å². The Morgan fingerprint density at radius 3 is 2.57 bits per heavy atom. The summed E-state index contributed by atoms with van der Waals surface area (Å²) in [5.74, 6) is 0. The quantitative estimate of drug-likeness (QED) is 0.471. The Balaban J connectivity index is 2.42. The van der Waals surface area contributed by atoms with Crippen LogP contribution < -0.4 is 0 Å². The maximum atomic E-state index is 10.0. The summed E-state index contributed by atoms with van der Waals surface area (Å²) in [6, 6.07) is 9.71. The van der Waals surface area contributed by atoms with Crippen LogP contribution in [0.1, 0.15) is 5.56 Å². The molecule has 3 nitrogen and oxygen atoms in total. The molecule has 0 saturated heterocycles. The molecule has 0 amide bonds. The number of hydrogen-bond donors (Lipinski definition) is 1. The van der Waals surface area contributed by atoms with E-state index in [1.165, 1.54) is 0 Å². The molecular formula is C10H10O3S. The third-order valence-electron chi connectivity index (χ3n) is 1.42. The Morgan fingerprint density at radius 1 is 1.21 bits per heavy atom. The second-order valence-corrected chi connectivity index (χ2v) is 3.04. The van der Waals surface area contributed by atoms with Crippen molar-refractivity contribution >= 4 is 17.4 Å². The van der Waals surface area contributed by atoms with Crippen molar-refractivity contribution in [2.75, 3.05) is 0 Å². The maximum Gasteiger partial charge on any atom is 0.356 e. The van der Waals surface area contributed by atoms with Gasteiger partial charge in [0, 0.05) is 0 Å². The van der Waals surface area contributed by atoms with Gasteiger partial charge in [-0.1, -0.05) is 42.5 Å². The molecule has 0 aliphatic rings. The standard InChI is InChI=1S/C10H10O3S/c11-14(12)13-9-5-4-8-10-6-2-1-3-7-10/h1-9H,(H,11,12). The Hall–Kier alpha value is -1.39. The van der Waals surface area contributed by atoms with Crippen molar-refractivity contribution in [3.05, 3.63) is 54.3 Å². The summed E-state index contributed by atoms with van der Waals surface area (Å²) in [6.45, 7) is 0. The van der Waals surface area contributed by atoms with Gasteiger partial charge in [0.15, 0.2) is 0 Å². The second-order valence-electron chi connectivity index (χ2n) is 2.41. The van der Waals surface area contributed by atoms with Gasteiger partial charge in [0.05, 0.1) is 0 Å². The van der Waals surface area contributed by atoms with E-state index in [1.807, 2.05) is 36.4 Å². The van der Waals surface area contributed by atoms with Crippen LogP contribution >= 0.6 is 0 Å². The van der Waals surface area contributed by atoms with E-state index in [0.717, 1.165) is 11.8 Å². The van der Waals surface area contributed by atoms with E-state index in [2.05, 4.69) is 4.18 Å². The maximum absolute atomic E-state index is 10.0. The summed E-state index contributed by atoms with van der Waals surface area (Å²) < 4.78 is 22.6. The molecule has 14 heavy (non-hydrogen) atoms. The molecule has 1 N–H and O–H groups in total. The van der Waals surface area contributed by atoms with Crippen LogP contribution in [0.25, 0.3) is 6.08 Å². The van der Waals surface area contributed by atoms with Crippen LogP contribution in [0.2, 0.25) is 0 Å². The molecule has 0 saturated carbocycles. The van der Waals surface area contributed by atoms with Crippen LogP contribution in [0.15, 0.2) is 48.7 Å². The molecule has 1 rings (SSSR count). The normalized spacial score (nSPS) is 13.5. The van der Waals surface area contributed by atoms with Crippen LogP contribution in [0.5, 0.6) is 0 Å². The van der Waals surface area contributed by atoms with Gasteiger partial charge in [-0.05, 0) is 11.6 Å². The SMILES string of the molecule is O=S(O)OC=CC=Cc1ccccc1. The first-order valence-electron chi connectivity index (χ1n) is 3.95. The zero-order chi connectivity index (χ0) is 10.2. The van der Waals surface area contributed by atoms with Crippen molar-refractivity contribution in [2.24, 2.45) is 0 Å². The highest BCUT2D eigenvalue weighted by Gasteiger charge is 1.83. The molecule has 0 bridgehead atoms. The van der Waals surface area contributed by atoms with E-state index >= 15 is 0 Å². The lowest BCUT2D eigenvalue weighted by molar-refractivity contribution is 0.420. The van der Waals surface area contributed by atoms with Gasteiger partial charge in [-0.2, -0.15) is 4.21 Å². The average Bonchev–Trinajstić information content (AvgIpc) is 2.18. The van der Waals surface area contributed by atoms with Gasteiger partial charge in [0.1, 0.15) is 6.26 Å². The molecule has 4 heteroatoms. The molecular weight excluding hydrogens is 200 g/mol. The second kappa shape index (κ2) is 6.12. The summed E-state index contributed by atoms with van der Waals surface area (Å²) in [5, 5.41) is 0. The zero-order valence-corrected chi connectivity index (χ0v) is 8.18. The molecule has 0 aliphatic carbocycles. The van der Waals surface area contributed by atoms with Gasteiger partial charge < -0.3 is 4.18 Å². The van der Waals surface area contributed by atoms with E-state index in [0.29, 0.717) is 0 Å². The molecule has 1 aromatic rings. The predicted molar refractivity (Wildman–Crippen MR) is 56.5 cm³/mol. The first kappa shape index (κ1) is 10.7. The van der Waals surface area contributed by atoms with Gasteiger partial charge in [0.2, 0.25) is 0 Å². The van der Waals surface area contributed by atoms with Gasteiger partial charge in [-0.15, -0.1) is 0 Å². The first-order chi connectivity index (χ1) is 6.79. The Morgan fingerprint density at radius 2 is 1.93 bits per heavy atom. The summed E-state index contributed by atoms with van der Waals surface area (Å²) in [6.07, 6.45) is 6.29. The molecule has 0 aliphatic heterocycles. The molecule has 0 heterocycles. The highest BCUT2D eigenvalue weighted by Crippen LogP contribution is 2.00. The molecule has 1 aromatic carbocycles. The van der Waals surface area contributed by atoms with Crippen LogP contribution in [0.4, 0.5) is 0 Å². The van der Waals surface area contributed by atoms with E-state index in [1.54, 1.807) is 12.2 Å². The topological polar surface area (TPSA) is 46.5 Å². The van der Waals surface area contributed by atoms with Gasteiger partial charge >= 0.3 is 11.4 Å². The van der Waals surface area contributed by atoms with Crippen molar-refractivity contribution in [1.29, 1.82) is 0 Å². The molecule has 1 unspecified atom stereocenters. The summed E-state index contributed by atoms with van der Waals surface area (Å²) in [5.41, 5.74) is 1.06. The van der Waals surface area contributed by atoms with Crippen molar-refractivity contribution in [3.8, 4) is 0 Å². The molecule has 0 spiro atoms. The largest absolute Gasteiger partial charge is 0.388 e. The molecule has 0 aromatic heterocycles. The highest BCUT2D eigenvalue weighted by molar-refractivity contribution is 7.74. The average molecular weight is 210 g/mol. The van der Waals surface area contributed by atoms with Crippen LogP contribution in [-0.2, 0) is 15.5 Å². The number of allylic oxidation sites excluding steroid dienone is 2.